The van der Waals surface area contributed by atoms with Gasteiger partial charge in [-0.05, 0) is 25.7 Å². The van der Waals surface area contributed by atoms with Crippen LogP contribution in [0.3, 0.4) is 0 Å². The molecular weight excluding hydrogens is 268 g/mol. The summed E-state index contributed by atoms with van der Waals surface area (Å²) in [6.07, 6.45) is 4.35. The van der Waals surface area contributed by atoms with Crippen molar-refractivity contribution in [1.29, 1.82) is 0 Å². The molecule has 5 nitrogen and oxygen atoms in total. The second-order valence-electron chi connectivity index (χ2n) is 6.78. The molecule has 2 N–H and O–H groups in total. The van der Waals surface area contributed by atoms with Gasteiger partial charge in [-0.2, -0.15) is 0 Å². The maximum Gasteiger partial charge on any atom is 0.225 e. The van der Waals surface area contributed by atoms with Crippen molar-refractivity contribution >= 4 is 11.8 Å². The molecule has 0 aromatic rings. The molecular formula is C16H28N2O3. The highest BCUT2D eigenvalue weighted by atomic mass is 16.3. The van der Waals surface area contributed by atoms with Crippen LogP contribution in [0.15, 0.2) is 0 Å². The highest BCUT2D eigenvalue weighted by Crippen LogP contribution is 2.25. The summed E-state index contributed by atoms with van der Waals surface area (Å²) in [6.45, 7) is 5.66. The van der Waals surface area contributed by atoms with Gasteiger partial charge in [0.2, 0.25) is 11.8 Å². The van der Waals surface area contributed by atoms with E-state index in [1.807, 2.05) is 18.7 Å². The zero-order valence-corrected chi connectivity index (χ0v) is 13.2. The predicted molar refractivity (Wildman–Crippen MR) is 80.5 cm³/mol. The SMILES string of the molecule is CC(C)C(=O)N1CCCC(C(=O)NCC2CCCC2O)C1. The Labute approximate surface area is 127 Å². The van der Waals surface area contributed by atoms with Crippen molar-refractivity contribution in [3.8, 4) is 0 Å². The normalized spacial score (nSPS) is 29.7. The lowest BCUT2D eigenvalue weighted by atomic mass is 9.95. The summed E-state index contributed by atoms with van der Waals surface area (Å²) in [7, 11) is 0. The van der Waals surface area contributed by atoms with E-state index in [1.54, 1.807) is 0 Å². The third-order valence-corrected chi connectivity index (χ3v) is 4.76. The van der Waals surface area contributed by atoms with Gasteiger partial charge >= 0.3 is 0 Å². The number of rotatable bonds is 4. The van der Waals surface area contributed by atoms with Crippen LogP contribution in [0.4, 0.5) is 0 Å². The molecule has 1 saturated carbocycles. The second kappa shape index (κ2) is 7.25. The molecule has 1 aliphatic heterocycles. The number of nitrogens with one attached hydrogen (secondary N) is 1. The Morgan fingerprint density at radius 2 is 2.00 bits per heavy atom. The molecule has 5 heteroatoms. The third-order valence-electron chi connectivity index (χ3n) is 4.76. The molecule has 0 spiro atoms. The topological polar surface area (TPSA) is 69.6 Å². The lowest BCUT2D eigenvalue weighted by molar-refractivity contribution is -0.138. The molecule has 3 unspecified atom stereocenters. The van der Waals surface area contributed by atoms with Crippen LogP contribution in [0.1, 0.15) is 46.0 Å². The van der Waals surface area contributed by atoms with E-state index in [4.69, 9.17) is 0 Å². The van der Waals surface area contributed by atoms with Crippen LogP contribution in [-0.4, -0.2) is 47.6 Å². The molecule has 0 bridgehead atoms. The van der Waals surface area contributed by atoms with Crippen molar-refractivity contribution in [1.82, 2.24) is 10.2 Å². The van der Waals surface area contributed by atoms with Gasteiger partial charge in [0.1, 0.15) is 0 Å². The second-order valence-corrected chi connectivity index (χ2v) is 6.78. The highest BCUT2D eigenvalue weighted by molar-refractivity contribution is 5.82. The van der Waals surface area contributed by atoms with E-state index in [9.17, 15) is 14.7 Å². The third kappa shape index (κ3) is 4.19. The number of likely N-dealkylation sites (tertiary alicyclic amines) is 1. The fourth-order valence-corrected chi connectivity index (χ4v) is 3.39. The predicted octanol–water partition coefficient (Wildman–Crippen LogP) is 1.16. The molecule has 0 radical (unpaired) electrons. The van der Waals surface area contributed by atoms with E-state index in [2.05, 4.69) is 5.32 Å². The molecule has 1 aliphatic carbocycles. The van der Waals surface area contributed by atoms with Gasteiger partial charge in [0.05, 0.1) is 12.0 Å². The van der Waals surface area contributed by atoms with E-state index >= 15 is 0 Å². The average molecular weight is 296 g/mol. The lowest BCUT2D eigenvalue weighted by Crippen LogP contribution is -2.47. The minimum Gasteiger partial charge on any atom is -0.393 e. The Bertz CT molecular complexity index is 384. The van der Waals surface area contributed by atoms with Crippen LogP contribution < -0.4 is 5.32 Å². The highest BCUT2D eigenvalue weighted by Gasteiger charge is 2.31. The number of hydrogen-bond donors (Lipinski definition) is 2. The zero-order chi connectivity index (χ0) is 15.4. The fourth-order valence-electron chi connectivity index (χ4n) is 3.39. The summed E-state index contributed by atoms with van der Waals surface area (Å²) in [4.78, 5) is 26.1. The number of amides is 2. The van der Waals surface area contributed by atoms with Crippen molar-refractivity contribution in [3.05, 3.63) is 0 Å². The Morgan fingerprint density at radius 3 is 2.62 bits per heavy atom. The number of piperidine rings is 1. The number of carbonyl (C=O) groups is 2. The zero-order valence-electron chi connectivity index (χ0n) is 13.2. The van der Waals surface area contributed by atoms with Crippen LogP contribution in [0.25, 0.3) is 0 Å². The van der Waals surface area contributed by atoms with Crippen LogP contribution in [0, 0.1) is 17.8 Å². The van der Waals surface area contributed by atoms with Gasteiger partial charge in [-0.3, -0.25) is 9.59 Å². The van der Waals surface area contributed by atoms with Crippen molar-refractivity contribution in [2.24, 2.45) is 17.8 Å². The van der Waals surface area contributed by atoms with Crippen LogP contribution in [0.2, 0.25) is 0 Å². The maximum atomic E-state index is 12.3. The van der Waals surface area contributed by atoms with Crippen LogP contribution >= 0.6 is 0 Å². The molecule has 2 fully saturated rings. The molecule has 2 aliphatic rings. The fraction of sp³-hybridized carbons (Fsp3) is 0.875. The smallest absolute Gasteiger partial charge is 0.225 e. The summed E-state index contributed by atoms with van der Waals surface area (Å²) in [5, 5.41) is 12.8. The first-order valence-electron chi connectivity index (χ1n) is 8.23. The number of aliphatic hydroxyl groups excluding tert-OH is 1. The maximum absolute atomic E-state index is 12.3. The largest absolute Gasteiger partial charge is 0.393 e. The van der Waals surface area contributed by atoms with Gasteiger partial charge in [0.15, 0.2) is 0 Å². The first kappa shape index (κ1) is 16.3. The van der Waals surface area contributed by atoms with Gasteiger partial charge in [0, 0.05) is 31.5 Å². The Hall–Kier alpha value is -1.10. The number of hydrogen-bond acceptors (Lipinski definition) is 3. The minimum atomic E-state index is -0.268. The quantitative estimate of drug-likeness (QED) is 0.818. The first-order chi connectivity index (χ1) is 9.99. The lowest BCUT2D eigenvalue weighted by Gasteiger charge is -2.33. The summed E-state index contributed by atoms with van der Waals surface area (Å²) < 4.78 is 0. The standard InChI is InChI=1S/C16H28N2O3/c1-11(2)16(21)18-8-4-6-13(10-18)15(20)17-9-12-5-3-7-14(12)19/h11-14,19H,3-10H2,1-2H3,(H,17,20). The molecule has 2 rings (SSSR count). The van der Waals surface area contributed by atoms with Gasteiger partial charge in [0.25, 0.3) is 0 Å². The monoisotopic (exact) mass is 296 g/mol. The van der Waals surface area contributed by atoms with Crippen LogP contribution in [0.5, 0.6) is 0 Å². The van der Waals surface area contributed by atoms with Gasteiger partial charge in [-0.25, -0.2) is 0 Å². The summed E-state index contributed by atoms with van der Waals surface area (Å²) in [5.74, 6) is 0.264. The molecule has 1 heterocycles. The Balaban J connectivity index is 1.80. The molecule has 1 saturated heterocycles. The summed E-state index contributed by atoms with van der Waals surface area (Å²) in [5.41, 5.74) is 0. The van der Waals surface area contributed by atoms with E-state index in [1.165, 1.54) is 0 Å². The van der Waals surface area contributed by atoms with E-state index in [0.29, 0.717) is 13.1 Å². The molecule has 2 amide bonds. The molecule has 21 heavy (non-hydrogen) atoms. The Morgan fingerprint density at radius 1 is 1.24 bits per heavy atom. The number of nitrogens with zero attached hydrogens (tertiary/aromatic N) is 1. The van der Waals surface area contributed by atoms with E-state index in [0.717, 1.165) is 38.6 Å². The summed E-state index contributed by atoms with van der Waals surface area (Å²) in [6, 6.07) is 0. The molecule has 120 valence electrons. The van der Waals surface area contributed by atoms with Crippen molar-refractivity contribution in [2.45, 2.75) is 52.1 Å². The molecule has 3 atom stereocenters. The van der Waals surface area contributed by atoms with Gasteiger partial charge < -0.3 is 15.3 Å². The van der Waals surface area contributed by atoms with Crippen LogP contribution in [-0.2, 0) is 9.59 Å². The average Bonchev–Trinajstić information content (AvgIpc) is 2.89. The van der Waals surface area contributed by atoms with E-state index < -0.39 is 0 Å². The molecule has 0 aromatic carbocycles. The van der Waals surface area contributed by atoms with Gasteiger partial charge in [-0.1, -0.05) is 20.3 Å². The van der Waals surface area contributed by atoms with Crippen molar-refractivity contribution in [2.75, 3.05) is 19.6 Å². The van der Waals surface area contributed by atoms with Crippen molar-refractivity contribution in [3.63, 3.8) is 0 Å². The number of carbonyl (C=O) groups excluding carboxylic acids is 2. The summed E-state index contributed by atoms with van der Waals surface area (Å²) >= 11 is 0. The van der Waals surface area contributed by atoms with E-state index in [-0.39, 0.29) is 35.7 Å². The van der Waals surface area contributed by atoms with Crippen molar-refractivity contribution < 1.29 is 14.7 Å². The number of aliphatic hydroxyl groups is 1. The first-order valence-corrected chi connectivity index (χ1v) is 8.23. The minimum absolute atomic E-state index is 0.0135. The van der Waals surface area contributed by atoms with Gasteiger partial charge in [-0.15, -0.1) is 0 Å². The molecule has 0 aromatic heterocycles. The Kier molecular flexibility index (Phi) is 5.62.